The molecule has 1 heterocycles. The summed E-state index contributed by atoms with van der Waals surface area (Å²) in [6, 6.07) is 20.4. The number of rotatable bonds is 4. The van der Waals surface area contributed by atoms with Gasteiger partial charge in [0.1, 0.15) is 0 Å². The van der Waals surface area contributed by atoms with Crippen LogP contribution in [0.3, 0.4) is 0 Å². The van der Waals surface area contributed by atoms with Gasteiger partial charge in [0.25, 0.3) is 0 Å². The number of carboxylic acid groups (broad SMARTS) is 1. The van der Waals surface area contributed by atoms with E-state index in [2.05, 4.69) is 15.9 Å². The van der Waals surface area contributed by atoms with Crippen LogP contribution < -0.4 is 4.90 Å². The zero-order valence-corrected chi connectivity index (χ0v) is 18.2. The van der Waals surface area contributed by atoms with Crippen molar-refractivity contribution in [2.45, 2.75) is 24.3 Å². The molecule has 1 saturated carbocycles. The third-order valence-corrected chi connectivity index (χ3v) is 6.85. The highest BCUT2D eigenvalue weighted by Crippen LogP contribution is 2.66. The summed E-state index contributed by atoms with van der Waals surface area (Å²) < 4.78 is 0.935. The molecular weight excluding hydrogens is 466 g/mol. The van der Waals surface area contributed by atoms with Crippen molar-refractivity contribution in [1.29, 1.82) is 0 Å². The lowest BCUT2D eigenvalue weighted by atomic mass is 9.92. The first-order chi connectivity index (χ1) is 14.4. The van der Waals surface area contributed by atoms with E-state index in [-0.39, 0.29) is 17.4 Å². The first-order valence-corrected chi connectivity index (χ1v) is 10.8. The Bertz CT molecular complexity index is 1190. The molecule has 6 heteroatoms. The number of aromatic carboxylic acids is 1. The highest BCUT2D eigenvalue weighted by Gasteiger charge is 2.67. The van der Waals surface area contributed by atoms with Crippen LogP contribution in [0.5, 0.6) is 0 Å². The summed E-state index contributed by atoms with van der Waals surface area (Å²) in [6.07, 6.45) is 0.753. The quantitative estimate of drug-likeness (QED) is 0.513. The summed E-state index contributed by atoms with van der Waals surface area (Å²) in [5.41, 5.74) is 3.45. The maximum absolute atomic E-state index is 13.7. The summed E-state index contributed by atoms with van der Waals surface area (Å²) in [7, 11) is 0. The van der Waals surface area contributed by atoms with E-state index in [1.165, 1.54) is 0 Å². The van der Waals surface area contributed by atoms with Gasteiger partial charge in [0, 0.05) is 21.1 Å². The lowest BCUT2D eigenvalue weighted by Crippen LogP contribution is -2.32. The van der Waals surface area contributed by atoms with Gasteiger partial charge in [0.15, 0.2) is 0 Å². The molecule has 0 saturated heterocycles. The van der Waals surface area contributed by atoms with E-state index in [1.807, 2.05) is 48.5 Å². The summed E-state index contributed by atoms with van der Waals surface area (Å²) in [6.45, 7) is 0.337. The average molecular weight is 483 g/mol. The van der Waals surface area contributed by atoms with Crippen molar-refractivity contribution >= 4 is 45.1 Å². The smallest absolute Gasteiger partial charge is 0.335 e. The van der Waals surface area contributed by atoms with E-state index in [0.29, 0.717) is 11.6 Å². The zero-order chi connectivity index (χ0) is 21.0. The number of halogens is 2. The van der Waals surface area contributed by atoms with Crippen LogP contribution in [0.15, 0.2) is 71.2 Å². The van der Waals surface area contributed by atoms with Crippen LogP contribution in [0.1, 0.15) is 39.4 Å². The molecule has 3 aromatic rings. The maximum Gasteiger partial charge on any atom is 0.335 e. The van der Waals surface area contributed by atoms with Crippen molar-refractivity contribution in [2.24, 2.45) is 0 Å². The molecule has 2 unspecified atom stereocenters. The number of carbonyl (C=O) groups excluding carboxylic acids is 1. The van der Waals surface area contributed by atoms with Gasteiger partial charge < -0.3 is 10.0 Å². The van der Waals surface area contributed by atoms with E-state index in [9.17, 15) is 14.7 Å². The lowest BCUT2D eigenvalue weighted by Gasteiger charge is -2.19. The molecule has 4 nitrogen and oxygen atoms in total. The monoisotopic (exact) mass is 481 g/mol. The molecule has 5 rings (SSSR count). The maximum atomic E-state index is 13.7. The Morgan fingerprint density at radius 3 is 2.63 bits per heavy atom. The molecule has 3 aromatic carbocycles. The lowest BCUT2D eigenvalue weighted by molar-refractivity contribution is -0.120. The minimum atomic E-state index is -0.976. The van der Waals surface area contributed by atoms with Gasteiger partial charge in [-0.05, 0) is 65.6 Å². The Labute approximate surface area is 187 Å². The third-order valence-electron chi connectivity index (χ3n) is 6.10. The van der Waals surface area contributed by atoms with Crippen LogP contribution in [-0.2, 0) is 16.8 Å². The molecule has 1 fully saturated rings. The number of anilines is 1. The first kappa shape index (κ1) is 19.3. The minimum absolute atomic E-state index is 0.0660. The fraction of sp³-hybridized carbons (Fsp3) is 0.167. The van der Waals surface area contributed by atoms with Crippen LogP contribution >= 0.6 is 27.5 Å². The number of nitrogens with zero attached hydrogens (tertiary/aromatic N) is 1. The Kier molecular flexibility index (Phi) is 4.49. The summed E-state index contributed by atoms with van der Waals surface area (Å²) in [5, 5.41) is 9.96. The second kappa shape index (κ2) is 6.96. The second-order valence-electron chi connectivity index (χ2n) is 7.84. The van der Waals surface area contributed by atoms with Gasteiger partial charge in [0.05, 0.1) is 17.5 Å². The molecule has 1 N–H and O–H groups in total. The molecule has 1 aliphatic heterocycles. The second-order valence-corrected chi connectivity index (χ2v) is 9.19. The van der Waals surface area contributed by atoms with E-state index in [1.54, 1.807) is 23.1 Å². The van der Waals surface area contributed by atoms with Crippen molar-refractivity contribution in [3.8, 4) is 0 Å². The molecule has 1 spiro atoms. The van der Waals surface area contributed by atoms with Crippen LogP contribution in [0.2, 0.25) is 5.02 Å². The van der Waals surface area contributed by atoms with Gasteiger partial charge in [-0.1, -0.05) is 51.8 Å². The Balaban J connectivity index is 1.54. The van der Waals surface area contributed by atoms with E-state index in [0.717, 1.165) is 33.3 Å². The summed E-state index contributed by atoms with van der Waals surface area (Å²) in [5.74, 6) is -0.808. The fourth-order valence-corrected chi connectivity index (χ4v) is 5.09. The summed E-state index contributed by atoms with van der Waals surface area (Å²) in [4.78, 5) is 26.8. The molecule has 2 atom stereocenters. The van der Waals surface area contributed by atoms with Crippen LogP contribution in [0.25, 0.3) is 0 Å². The van der Waals surface area contributed by atoms with E-state index >= 15 is 0 Å². The predicted molar refractivity (Wildman–Crippen MR) is 119 cm³/mol. The van der Waals surface area contributed by atoms with Crippen molar-refractivity contribution in [1.82, 2.24) is 0 Å². The number of amides is 1. The van der Waals surface area contributed by atoms with Gasteiger partial charge >= 0.3 is 5.97 Å². The van der Waals surface area contributed by atoms with Gasteiger partial charge in [-0.2, -0.15) is 0 Å². The number of hydrogen-bond donors (Lipinski definition) is 1. The van der Waals surface area contributed by atoms with Crippen molar-refractivity contribution in [3.63, 3.8) is 0 Å². The van der Waals surface area contributed by atoms with E-state index < -0.39 is 11.4 Å². The Hall–Kier alpha value is -2.63. The van der Waals surface area contributed by atoms with Crippen LogP contribution in [-0.4, -0.2) is 17.0 Å². The molecule has 0 bridgehead atoms. The Morgan fingerprint density at radius 1 is 1.13 bits per heavy atom. The zero-order valence-electron chi connectivity index (χ0n) is 15.8. The van der Waals surface area contributed by atoms with Gasteiger partial charge in [0.2, 0.25) is 5.91 Å². The number of fused-ring (bicyclic) bond motifs is 2. The van der Waals surface area contributed by atoms with Crippen LogP contribution in [0.4, 0.5) is 5.69 Å². The summed E-state index contributed by atoms with van der Waals surface area (Å²) >= 11 is 9.59. The fourth-order valence-electron chi connectivity index (χ4n) is 4.60. The average Bonchev–Trinajstić information content (AvgIpc) is 3.45. The first-order valence-electron chi connectivity index (χ1n) is 9.60. The Morgan fingerprint density at radius 2 is 1.90 bits per heavy atom. The third kappa shape index (κ3) is 2.96. The number of carboxylic acids is 1. The normalized spacial score (nSPS) is 21.7. The van der Waals surface area contributed by atoms with Gasteiger partial charge in [-0.25, -0.2) is 4.79 Å². The molecule has 0 aromatic heterocycles. The highest BCUT2D eigenvalue weighted by atomic mass is 79.9. The molecule has 1 amide bonds. The van der Waals surface area contributed by atoms with Crippen molar-refractivity contribution < 1.29 is 14.7 Å². The molecule has 1 aliphatic carbocycles. The van der Waals surface area contributed by atoms with Gasteiger partial charge in [-0.15, -0.1) is 0 Å². The number of carbonyl (C=O) groups is 2. The van der Waals surface area contributed by atoms with E-state index in [4.69, 9.17) is 11.6 Å². The molecule has 30 heavy (non-hydrogen) atoms. The van der Waals surface area contributed by atoms with Crippen molar-refractivity contribution in [2.75, 3.05) is 4.90 Å². The van der Waals surface area contributed by atoms with Crippen molar-refractivity contribution in [3.05, 3.63) is 98.5 Å². The molecule has 150 valence electrons. The molecule has 2 aliphatic rings. The molecular formula is C24H17BrClNO3. The largest absolute Gasteiger partial charge is 0.478 e. The topological polar surface area (TPSA) is 57.6 Å². The highest BCUT2D eigenvalue weighted by molar-refractivity contribution is 9.10. The number of benzene rings is 3. The SMILES string of the molecule is O=C(O)c1cccc(CN2C(=O)C3(CC3c3ccc(Cl)cc3)c3cc(Br)ccc32)c1. The van der Waals surface area contributed by atoms with Crippen LogP contribution in [0, 0.1) is 0 Å². The predicted octanol–water partition coefficient (Wildman–Crippen LogP) is 5.77. The van der Waals surface area contributed by atoms with Gasteiger partial charge in [-0.3, -0.25) is 4.79 Å². The number of hydrogen-bond acceptors (Lipinski definition) is 2. The molecule has 0 radical (unpaired) electrons. The minimum Gasteiger partial charge on any atom is -0.478 e. The standard InChI is InChI=1S/C24H17BrClNO3/c25-17-6-9-21-19(11-17)24(12-20(24)15-4-7-18(26)8-5-15)23(30)27(21)13-14-2-1-3-16(10-14)22(28)29/h1-11,20H,12-13H2,(H,28,29).